The van der Waals surface area contributed by atoms with Crippen LogP contribution in [-0.2, 0) is 16.1 Å². The molecule has 0 unspecified atom stereocenters. The molecule has 0 saturated heterocycles. The summed E-state index contributed by atoms with van der Waals surface area (Å²) in [5.74, 6) is -0.776. The maximum atomic E-state index is 13.5. The lowest BCUT2D eigenvalue weighted by Crippen LogP contribution is -2.33. The molecule has 6 heteroatoms. The largest absolute Gasteiger partial charge is 0.352 e. The van der Waals surface area contributed by atoms with Crippen LogP contribution in [0.5, 0.6) is 0 Å². The zero-order valence-corrected chi connectivity index (χ0v) is 14.0. The number of halogens is 2. The summed E-state index contributed by atoms with van der Waals surface area (Å²) in [5.41, 5.74) is 1.10. The Hall–Kier alpha value is -2.40. The molecule has 0 bridgehead atoms. The van der Waals surface area contributed by atoms with Crippen molar-refractivity contribution in [3.63, 3.8) is 0 Å². The van der Waals surface area contributed by atoms with Crippen molar-refractivity contribution in [2.45, 2.75) is 19.9 Å². The number of carbonyl (C=O) groups excluding carboxylic acids is 2. The molecule has 0 aliphatic heterocycles. The summed E-state index contributed by atoms with van der Waals surface area (Å²) >= 11 is 5.84. The molecule has 2 rings (SSSR count). The van der Waals surface area contributed by atoms with E-state index in [1.54, 1.807) is 42.5 Å². The smallest absolute Gasteiger partial charge is 0.223 e. The minimum Gasteiger partial charge on any atom is -0.352 e. The SMILES string of the molecule is CC(=O)N(CCC(=O)NCc1ccccc1F)c1ccc(Cl)cc1. The molecule has 0 saturated carbocycles. The highest BCUT2D eigenvalue weighted by Gasteiger charge is 2.13. The van der Waals surface area contributed by atoms with Crippen molar-refractivity contribution in [2.75, 3.05) is 11.4 Å². The summed E-state index contributed by atoms with van der Waals surface area (Å²) in [5, 5.41) is 3.23. The molecule has 2 aromatic rings. The fourth-order valence-electron chi connectivity index (χ4n) is 2.23. The highest BCUT2D eigenvalue weighted by Crippen LogP contribution is 2.18. The second-order valence-electron chi connectivity index (χ2n) is 5.27. The van der Waals surface area contributed by atoms with E-state index in [1.807, 2.05) is 0 Å². The number of anilines is 1. The Kier molecular flexibility index (Phi) is 6.32. The lowest BCUT2D eigenvalue weighted by molar-refractivity contribution is -0.121. The van der Waals surface area contributed by atoms with Gasteiger partial charge in [-0.05, 0) is 30.3 Å². The van der Waals surface area contributed by atoms with Crippen molar-refractivity contribution < 1.29 is 14.0 Å². The molecule has 2 aromatic carbocycles. The van der Waals surface area contributed by atoms with Gasteiger partial charge in [-0.15, -0.1) is 0 Å². The Bertz CT molecular complexity index is 719. The summed E-state index contributed by atoms with van der Waals surface area (Å²) in [6, 6.07) is 13.1. The summed E-state index contributed by atoms with van der Waals surface area (Å²) in [7, 11) is 0. The number of benzene rings is 2. The normalized spacial score (nSPS) is 10.3. The molecule has 0 fully saturated rings. The molecule has 0 radical (unpaired) electrons. The molecule has 2 amide bonds. The van der Waals surface area contributed by atoms with Crippen molar-refractivity contribution >= 4 is 29.1 Å². The maximum absolute atomic E-state index is 13.5. The van der Waals surface area contributed by atoms with E-state index < -0.39 is 0 Å². The standard InChI is InChI=1S/C18H18ClFN2O2/c1-13(23)22(16-8-6-15(19)7-9-16)11-10-18(24)21-12-14-4-2-3-5-17(14)20/h2-9H,10-12H2,1H3,(H,21,24). The van der Waals surface area contributed by atoms with Gasteiger partial charge in [-0.3, -0.25) is 9.59 Å². The Morgan fingerprint density at radius 2 is 1.79 bits per heavy atom. The van der Waals surface area contributed by atoms with Gasteiger partial charge >= 0.3 is 0 Å². The van der Waals surface area contributed by atoms with E-state index in [0.717, 1.165) is 0 Å². The van der Waals surface area contributed by atoms with Gasteiger partial charge in [0.25, 0.3) is 0 Å². The van der Waals surface area contributed by atoms with Crippen LogP contribution in [0.25, 0.3) is 0 Å². The van der Waals surface area contributed by atoms with E-state index in [9.17, 15) is 14.0 Å². The Balaban J connectivity index is 1.90. The molecule has 0 aliphatic rings. The third-order valence-corrected chi connectivity index (χ3v) is 3.77. The second-order valence-corrected chi connectivity index (χ2v) is 5.70. The number of rotatable bonds is 6. The van der Waals surface area contributed by atoms with Gasteiger partial charge in [-0.1, -0.05) is 29.8 Å². The van der Waals surface area contributed by atoms with E-state index in [4.69, 9.17) is 11.6 Å². The fourth-order valence-corrected chi connectivity index (χ4v) is 2.35. The number of nitrogens with one attached hydrogen (secondary N) is 1. The Morgan fingerprint density at radius 3 is 2.42 bits per heavy atom. The first-order valence-corrected chi connectivity index (χ1v) is 7.89. The molecule has 1 N–H and O–H groups in total. The van der Waals surface area contributed by atoms with Crippen molar-refractivity contribution in [3.05, 3.63) is 64.9 Å². The molecule has 0 spiro atoms. The topological polar surface area (TPSA) is 49.4 Å². The lowest BCUT2D eigenvalue weighted by Gasteiger charge is -2.21. The molecule has 4 nitrogen and oxygen atoms in total. The van der Waals surface area contributed by atoms with Gasteiger partial charge < -0.3 is 10.2 Å². The highest BCUT2D eigenvalue weighted by molar-refractivity contribution is 6.30. The summed E-state index contributed by atoms with van der Waals surface area (Å²) in [6.45, 7) is 1.79. The van der Waals surface area contributed by atoms with Gasteiger partial charge in [0.2, 0.25) is 11.8 Å². The quantitative estimate of drug-likeness (QED) is 0.868. The molecular weight excluding hydrogens is 331 g/mol. The predicted molar refractivity (Wildman–Crippen MR) is 92.3 cm³/mol. The van der Waals surface area contributed by atoms with E-state index in [1.165, 1.54) is 17.9 Å². The maximum Gasteiger partial charge on any atom is 0.223 e. The predicted octanol–water partition coefficient (Wildman–Crippen LogP) is 3.54. The van der Waals surface area contributed by atoms with Gasteiger partial charge in [0, 0.05) is 42.7 Å². The van der Waals surface area contributed by atoms with Gasteiger partial charge in [-0.25, -0.2) is 4.39 Å². The zero-order valence-electron chi connectivity index (χ0n) is 13.3. The summed E-state index contributed by atoms with van der Waals surface area (Å²) in [4.78, 5) is 25.2. The first-order valence-electron chi connectivity index (χ1n) is 7.51. The average molecular weight is 349 g/mol. The van der Waals surface area contributed by atoms with Gasteiger partial charge in [0.05, 0.1) is 0 Å². The van der Waals surface area contributed by atoms with E-state index in [-0.39, 0.29) is 37.1 Å². The summed E-state index contributed by atoms with van der Waals surface area (Å²) < 4.78 is 13.5. The van der Waals surface area contributed by atoms with Crippen LogP contribution in [-0.4, -0.2) is 18.4 Å². The number of hydrogen-bond acceptors (Lipinski definition) is 2. The number of nitrogens with zero attached hydrogens (tertiary/aromatic N) is 1. The minimum absolute atomic E-state index is 0.118. The molecular formula is C18H18ClFN2O2. The van der Waals surface area contributed by atoms with Crippen molar-refractivity contribution in [3.8, 4) is 0 Å². The number of amides is 2. The fraction of sp³-hybridized carbons (Fsp3) is 0.222. The van der Waals surface area contributed by atoms with Crippen LogP contribution in [0.4, 0.5) is 10.1 Å². The van der Waals surface area contributed by atoms with Gasteiger partial charge in [0.1, 0.15) is 5.82 Å². The van der Waals surface area contributed by atoms with Crippen molar-refractivity contribution in [1.82, 2.24) is 5.32 Å². The average Bonchev–Trinajstić information content (AvgIpc) is 2.55. The molecule has 126 valence electrons. The Morgan fingerprint density at radius 1 is 1.12 bits per heavy atom. The third-order valence-electron chi connectivity index (χ3n) is 3.51. The number of carbonyl (C=O) groups is 2. The van der Waals surface area contributed by atoms with Crippen LogP contribution in [0, 0.1) is 5.82 Å². The lowest BCUT2D eigenvalue weighted by atomic mass is 10.2. The van der Waals surface area contributed by atoms with Crippen LogP contribution in [0.15, 0.2) is 48.5 Å². The molecule has 0 aliphatic carbocycles. The molecule has 0 aromatic heterocycles. The molecule has 24 heavy (non-hydrogen) atoms. The molecule has 0 atom stereocenters. The third kappa shape index (κ3) is 5.06. The zero-order chi connectivity index (χ0) is 17.5. The van der Waals surface area contributed by atoms with Gasteiger partial charge in [0.15, 0.2) is 0 Å². The Labute approximate surface area is 145 Å². The highest BCUT2D eigenvalue weighted by atomic mass is 35.5. The van der Waals surface area contributed by atoms with Crippen LogP contribution >= 0.6 is 11.6 Å². The van der Waals surface area contributed by atoms with Crippen LogP contribution in [0.1, 0.15) is 18.9 Å². The van der Waals surface area contributed by atoms with Crippen molar-refractivity contribution in [1.29, 1.82) is 0 Å². The minimum atomic E-state index is -0.357. The molecule has 0 heterocycles. The van der Waals surface area contributed by atoms with Crippen LogP contribution in [0.3, 0.4) is 0 Å². The van der Waals surface area contributed by atoms with Crippen LogP contribution < -0.4 is 10.2 Å². The van der Waals surface area contributed by atoms with E-state index in [2.05, 4.69) is 5.32 Å². The van der Waals surface area contributed by atoms with Gasteiger partial charge in [-0.2, -0.15) is 0 Å². The van der Waals surface area contributed by atoms with E-state index >= 15 is 0 Å². The number of hydrogen-bond donors (Lipinski definition) is 1. The van der Waals surface area contributed by atoms with Crippen molar-refractivity contribution in [2.24, 2.45) is 0 Å². The van der Waals surface area contributed by atoms with E-state index in [0.29, 0.717) is 16.3 Å². The second kappa shape index (κ2) is 8.45. The monoisotopic (exact) mass is 348 g/mol. The summed E-state index contributed by atoms with van der Waals surface area (Å²) in [6.07, 6.45) is 0.122. The van der Waals surface area contributed by atoms with Crippen LogP contribution in [0.2, 0.25) is 5.02 Å². The first kappa shape index (κ1) is 17.9. The first-order chi connectivity index (χ1) is 11.5.